The first-order chi connectivity index (χ1) is 13.1. The average molecular weight is 448 g/mol. The van der Waals surface area contributed by atoms with Crippen molar-refractivity contribution in [3.8, 4) is 0 Å². The monoisotopic (exact) mass is 447 g/mol. The summed E-state index contributed by atoms with van der Waals surface area (Å²) in [5.41, 5.74) is 1.83. The molecule has 0 unspecified atom stereocenters. The van der Waals surface area contributed by atoms with Gasteiger partial charge in [-0.25, -0.2) is 9.97 Å². The first-order valence-corrected chi connectivity index (χ1v) is 10.5. The summed E-state index contributed by atoms with van der Waals surface area (Å²) in [6.07, 6.45) is 5.97. The minimum absolute atomic E-state index is 0.205. The van der Waals surface area contributed by atoms with Crippen molar-refractivity contribution in [3.63, 3.8) is 0 Å². The van der Waals surface area contributed by atoms with Crippen molar-refractivity contribution < 1.29 is 4.79 Å². The molecule has 2 bridgehead atoms. The van der Waals surface area contributed by atoms with Gasteiger partial charge in [0.15, 0.2) is 4.60 Å². The number of fused-ring (bicyclic) bond motifs is 4. The maximum Gasteiger partial charge on any atom is 0.258 e. The molecule has 6 heterocycles. The van der Waals surface area contributed by atoms with Gasteiger partial charge in [0.25, 0.3) is 5.91 Å². The highest BCUT2D eigenvalue weighted by atomic mass is 79.9. The van der Waals surface area contributed by atoms with Crippen molar-refractivity contribution in [3.05, 3.63) is 27.9 Å². The Hall–Kier alpha value is -2.04. The van der Waals surface area contributed by atoms with Gasteiger partial charge in [0.2, 0.25) is 0 Å². The summed E-state index contributed by atoms with van der Waals surface area (Å²) >= 11 is 4.79. The van der Waals surface area contributed by atoms with E-state index in [2.05, 4.69) is 41.5 Å². The summed E-state index contributed by atoms with van der Waals surface area (Å²) < 4.78 is 2.24. The number of amides is 1. The van der Waals surface area contributed by atoms with Crippen LogP contribution in [0.25, 0.3) is 10.3 Å². The molecule has 1 amide bonds. The Kier molecular flexibility index (Phi) is 4.14. The third kappa shape index (κ3) is 3.01. The molecule has 3 aromatic heterocycles. The molecule has 6 rings (SSSR count). The SMILES string of the molecule is Cn1cc(NC(=O)c2csc3ncc(N4C[C@@H]5CC[C@H]4CN5)nc23)c(Br)n1. The molecule has 0 radical (unpaired) electrons. The molecule has 3 fully saturated rings. The van der Waals surface area contributed by atoms with E-state index in [1.165, 1.54) is 24.2 Å². The number of thiophene rings is 1. The number of piperidine rings is 2. The Balaban J connectivity index is 1.46. The van der Waals surface area contributed by atoms with E-state index in [-0.39, 0.29) is 5.91 Å². The van der Waals surface area contributed by atoms with Gasteiger partial charge < -0.3 is 15.5 Å². The second-order valence-electron chi connectivity index (χ2n) is 6.98. The Morgan fingerprint density at radius 2 is 2.33 bits per heavy atom. The summed E-state index contributed by atoms with van der Waals surface area (Å²) in [6, 6.07) is 0.963. The van der Waals surface area contributed by atoms with E-state index < -0.39 is 0 Å². The number of nitrogens with zero attached hydrogens (tertiary/aromatic N) is 5. The van der Waals surface area contributed by atoms with Gasteiger partial charge in [0, 0.05) is 43.8 Å². The highest BCUT2D eigenvalue weighted by Gasteiger charge is 2.34. The highest BCUT2D eigenvalue weighted by molar-refractivity contribution is 9.10. The molecule has 0 aromatic carbocycles. The quantitative estimate of drug-likeness (QED) is 0.640. The zero-order valence-corrected chi connectivity index (χ0v) is 17.0. The van der Waals surface area contributed by atoms with Gasteiger partial charge in [-0.05, 0) is 28.8 Å². The summed E-state index contributed by atoms with van der Waals surface area (Å²) in [6.45, 7) is 1.93. The van der Waals surface area contributed by atoms with E-state index >= 15 is 0 Å². The van der Waals surface area contributed by atoms with Gasteiger partial charge in [-0.1, -0.05) is 0 Å². The summed E-state index contributed by atoms with van der Waals surface area (Å²) in [4.78, 5) is 25.3. The van der Waals surface area contributed by atoms with Crippen LogP contribution in [0.3, 0.4) is 0 Å². The summed E-state index contributed by atoms with van der Waals surface area (Å²) in [5, 5.41) is 12.5. The van der Waals surface area contributed by atoms with Crippen LogP contribution in [0, 0.1) is 0 Å². The van der Waals surface area contributed by atoms with E-state index in [1.54, 1.807) is 17.9 Å². The van der Waals surface area contributed by atoms with E-state index in [9.17, 15) is 4.79 Å². The Bertz CT molecular complexity index is 1020. The molecule has 0 spiro atoms. The number of aryl methyl sites for hydroxylation is 1. The van der Waals surface area contributed by atoms with Gasteiger partial charge in [-0.2, -0.15) is 5.10 Å². The first-order valence-electron chi connectivity index (χ1n) is 8.83. The van der Waals surface area contributed by atoms with Gasteiger partial charge in [-0.3, -0.25) is 9.48 Å². The van der Waals surface area contributed by atoms with Crippen LogP contribution in [-0.2, 0) is 7.05 Å². The maximum absolute atomic E-state index is 12.8. The number of piperazine rings is 1. The molecule has 27 heavy (non-hydrogen) atoms. The zero-order valence-electron chi connectivity index (χ0n) is 14.6. The number of nitrogens with one attached hydrogen (secondary N) is 2. The molecule has 10 heteroatoms. The molecular formula is C17H18BrN7OS. The fourth-order valence-corrected chi connectivity index (χ4v) is 5.11. The van der Waals surface area contributed by atoms with Crippen molar-refractivity contribution in [1.82, 2.24) is 25.1 Å². The molecule has 140 valence electrons. The number of rotatable bonds is 3. The molecule has 2 atom stereocenters. The Morgan fingerprint density at radius 3 is 3.00 bits per heavy atom. The molecule has 8 nitrogen and oxygen atoms in total. The van der Waals surface area contributed by atoms with Gasteiger partial charge in [-0.15, -0.1) is 11.3 Å². The number of carbonyl (C=O) groups excluding carboxylic acids is 1. The van der Waals surface area contributed by atoms with Crippen LogP contribution in [0.4, 0.5) is 11.5 Å². The lowest BCUT2D eigenvalue weighted by Crippen LogP contribution is -2.61. The predicted octanol–water partition coefficient (Wildman–Crippen LogP) is 2.38. The molecule has 3 aromatic rings. The number of aromatic nitrogens is 4. The third-order valence-electron chi connectivity index (χ3n) is 5.19. The lowest BCUT2D eigenvalue weighted by atomic mass is 9.93. The van der Waals surface area contributed by atoms with Crippen molar-refractivity contribution in [2.45, 2.75) is 24.9 Å². The number of halogens is 1. The molecule has 3 saturated heterocycles. The van der Waals surface area contributed by atoms with Crippen molar-refractivity contribution >= 4 is 55.0 Å². The molecule has 3 aliphatic heterocycles. The minimum Gasteiger partial charge on any atom is -0.349 e. The van der Waals surface area contributed by atoms with Crippen LogP contribution in [0.1, 0.15) is 23.2 Å². The van der Waals surface area contributed by atoms with Crippen molar-refractivity contribution in [2.24, 2.45) is 7.05 Å². The summed E-state index contributed by atoms with van der Waals surface area (Å²) in [7, 11) is 1.80. The first kappa shape index (κ1) is 17.1. The number of carbonyl (C=O) groups is 1. The number of hydrogen-bond acceptors (Lipinski definition) is 7. The van der Waals surface area contributed by atoms with E-state index in [1.807, 2.05) is 11.6 Å². The van der Waals surface area contributed by atoms with Crippen LogP contribution < -0.4 is 15.5 Å². The molecule has 0 aliphatic carbocycles. The number of anilines is 2. The fraction of sp³-hybridized carbons (Fsp3) is 0.412. The second kappa shape index (κ2) is 6.54. The van der Waals surface area contributed by atoms with Crippen LogP contribution >= 0.6 is 27.3 Å². The fourth-order valence-electron chi connectivity index (χ4n) is 3.82. The van der Waals surface area contributed by atoms with Crippen LogP contribution in [0.2, 0.25) is 0 Å². The van der Waals surface area contributed by atoms with E-state index in [0.29, 0.717) is 33.5 Å². The minimum atomic E-state index is -0.205. The smallest absolute Gasteiger partial charge is 0.258 e. The standard InChI is InChI=1S/C17H18BrN7OS/c1-24-7-12(15(18)23-24)21-16(26)11-8-27-17-14(11)22-13(5-20-17)25-6-9-2-3-10(25)4-19-9/h5,7-10,19H,2-4,6H2,1H3,(H,21,26)/t9-,10-/m0/s1. The van der Waals surface area contributed by atoms with Gasteiger partial charge in [0.05, 0.1) is 17.4 Å². The van der Waals surface area contributed by atoms with Crippen molar-refractivity contribution in [2.75, 3.05) is 23.3 Å². The summed E-state index contributed by atoms with van der Waals surface area (Å²) in [5.74, 6) is 0.650. The van der Waals surface area contributed by atoms with E-state index in [0.717, 1.165) is 23.7 Å². The van der Waals surface area contributed by atoms with Crippen LogP contribution in [0.5, 0.6) is 0 Å². The Morgan fingerprint density at radius 1 is 1.44 bits per heavy atom. The van der Waals surface area contributed by atoms with E-state index in [4.69, 9.17) is 4.98 Å². The maximum atomic E-state index is 12.8. The molecule has 3 aliphatic rings. The molecule has 2 N–H and O–H groups in total. The zero-order chi connectivity index (χ0) is 18.5. The van der Waals surface area contributed by atoms with Gasteiger partial charge >= 0.3 is 0 Å². The number of hydrogen-bond donors (Lipinski definition) is 2. The second-order valence-corrected chi connectivity index (χ2v) is 8.59. The lowest BCUT2D eigenvalue weighted by molar-refractivity contribution is 0.102. The van der Waals surface area contributed by atoms with Crippen molar-refractivity contribution in [1.29, 1.82) is 0 Å². The average Bonchev–Trinajstić information content (AvgIpc) is 3.24. The largest absolute Gasteiger partial charge is 0.349 e. The predicted molar refractivity (Wildman–Crippen MR) is 108 cm³/mol. The van der Waals surface area contributed by atoms with Gasteiger partial charge in [0.1, 0.15) is 16.2 Å². The lowest BCUT2D eigenvalue weighted by Gasteiger charge is -2.46. The van der Waals surface area contributed by atoms with Crippen LogP contribution in [0.15, 0.2) is 22.4 Å². The highest BCUT2D eigenvalue weighted by Crippen LogP contribution is 2.30. The normalized spacial score (nSPS) is 21.8. The molecule has 0 saturated carbocycles. The molecular weight excluding hydrogens is 430 g/mol. The topological polar surface area (TPSA) is 88.0 Å². The van der Waals surface area contributed by atoms with Crippen LogP contribution in [-0.4, -0.2) is 50.8 Å². The Labute approximate surface area is 168 Å². The third-order valence-corrected chi connectivity index (χ3v) is 6.65.